The number of nitrogens with one attached hydrogen (secondary N) is 1. The zero-order valence-electron chi connectivity index (χ0n) is 10.5. The molecule has 1 aliphatic rings. The summed E-state index contributed by atoms with van der Waals surface area (Å²) in [6.07, 6.45) is 4.77. The van der Waals surface area contributed by atoms with Gasteiger partial charge in [-0.15, -0.1) is 0 Å². The lowest BCUT2D eigenvalue weighted by Crippen LogP contribution is -2.34. The molecule has 98 valence electrons. The van der Waals surface area contributed by atoms with E-state index >= 15 is 0 Å². The molecule has 0 atom stereocenters. The van der Waals surface area contributed by atoms with Crippen LogP contribution in [0.3, 0.4) is 0 Å². The number of phenols is 1. The van der Waals surface area contributed by atoms with Gasteiger partial charge >= 0.3 is 0 Å². The smallest absolute Gasteiger partial charge is 0.255 e. The van der Waals surface area contributed by atoms with Crippen LogP contribution < -0.4 is 5.32 Å². The van der Waals surface area contributed by atoms with Gasteiger partial charge in [-0.3, -0.25) is 4.79 Å². The Morgan fingerprint density at radius 2 is 2.11 bits per heavy atom. The number of halogens is 1. The molecule has 0 aromatic heterocycles. The summed E-state index contributed by atoms with van der Waals surface area (Å²) in [5.41, 5.74) is 0.485. The van der Waals surface area contributed by atoms with Gasteiger partial charge in [-0.05, 0) is 36.5 Å². The molecule has 2 N–H and O–H groups in total. The van der Waals surface area contributed by atoms with Crippen LogP contribution in [0.5, 0.6) is 5.75 Å². The van der Waals surface area contributed by atoms with Crippen LogP contribution in [0.25, 0.3) is 0 Å². The van der Waals surface area contributed by atoms with Crippen LogP contribution >= 0.6 is 11.6 Å². The van der Waals surface area contributed by atoms with Crippen LogP contribution in [0.4, 0.5) is 0 Å². The summed E-state index contributed by atoms with van der Waals surface area (Å²) in [5, 5.41) is 13.0. The first-order valence-corrected chi connectivity index (χ1v) is 6.65. The minimum Gasteiger partial charge on any atom is -0.507 e. The Kier molecular flexibility index (Phi) is 3.81. The van der Waals surface area contributed by atoms with E-state index in [2.05, 4.69) is 12.2 Å². The minimum atomic E-state index is -0.239. The molecule has 0 spiro atoms. The third-order valence-electron chi connectivity index (χ3n) is 3.69. The molecule has 0 heterocycles. The van der Waals surface area contributed by atoms with E-state index in [4.69, 9.17) is 11.6 Å². The van der Waals surface area contributed by atoms with E-state index in [0.717, 1.165) is 12.8 Å². The molecule has 1 fully saturated rings. The number of hydrogen-bond donors (Lipinski definition) is 2. The molecule has 0 aliphatic heterocycles. The van der Waals surface area contributed by atoms with E-state index < -0.39 is 0 Å². The highest BCUT2D eigenvalue weighted by Crippen LogP contribution is 2.36. The summed E-state index contributed by atoms with van der Waals surface area (Å²) in [5.74, 6) is -0.311. The number of phenolic OH excluding ortho intramolecular Hbond substituents is 1. The van der Waals surface area contributed by atoms with Crippen LogP contribution in [0.1, 0.15) is 43.0 Å². The van der Waals surface area contributed by atoms with Gasteiger partial charge in [0.15, 0.2) is 0 Å². The van der Waals surface area contributed by atoms with Crippen LogP contribution in [0.2, 0.25) is 5.02 Å². The normalized spacial score (nSPS) is 17.7. The molecule has 1 saturated carbocycles. The highest BCUT2D eigenvalue weighted by molar-refractivity contribution is 6.30. The predicted octanol–water partition coefficient (Wildman–Crippen LogP) is 3.36. The Bertz CT molecular complexity index is 453. The van der Waals surface area contributed by atoms with Crippen molar-refractivity contribution in [3.63, 3.8) is 0 Å². The highest BCUT2D eigenvalue weighted by atomic mass is 35.5. The average Bonchev–Trinajstić information content (AvgIpc) is 2.74. The summed E-state index contributed by atoms with van der Waals surface area (Å²) in [6.45, 7) is 2.86. The number of amides is 1. The van der Waals surface area contributed by atoms with E-state index in [1.807, 2.05) is 0 Å². The zero-order chi connectivity index (χ0) is 13.2. The fraction of sp³-hybridized carbons (Fsp3) is 0.500. The van der Waals surface area contributed by atoms with E-state index in [-0.39, 0.29) is 22.6 Å². The lowest BCUT2D eigenvalue weighted by molar-refractivity contribution is 0.0931. The molecule has 1 aromatic carbocycles. The van der Waals surface area contributed by atoms with Crippen molar-refractivity contribution in [3.05, 3.63) is 28.8 Å². The summed E-state index contributed by atoms with van der Waals surface area (Å²) < 4.78 is 0. The van der Waals surface area contributed by atoms with Crippen molar-refractivity contribution in [3.8, 4) is 5.75 Å². The first-order valence-electron chi connectivity index (χ1n) is 6.27. The number of benzene rings is 1. The van der Waals surface area contributed by atoms with Crippen LogP contribution in [0, 0.1) is 5.41 Å². The molecule has 0 bridgehead atoms. The van der Waals surface area contributed by atoms with E-state index in [1.165, 1.54) is 18.9 Å². The lowest BCUT2D eigenvalue weighted by Gasteiger charge is -2.23. The van der Waals surface area contributed by atoms with Crippen LogP contribution in [0.15, 0.2) is 18.2 Å². The van der Waals surface area contributed by atoms with Gasteiger partial charge in [-0.1, -0.05) is 31.4 Å². The van der Waals surface area contributed by atoms with Gasteiger partial charge in [0.25, 0.3) is 5.91 Å². The standard InChI is InChI=1S/C14H18ClNO2/c1-14(6-2-3-7-14)9-16-13(18)11-5-4-10(15)8-12(11)17/h4-5,8,17H,2-3,6-7,9H2,1H3,(H,16,18). The Hall–Kier alpha value is -1.22. The van der Waals surface area contributed by atoms with Crippen LogP contribution in [-0.4, -0.2) is 17.6 Å². The number of aromatic hydroxyl groups is 1. The van der Waals surface area contributed by atoms with Gasteiger partial charge in [0.1, 0.15) is 5.75 Å². The van der Waals surface area contributed by atoms with Gasteiger partial charge in [0.05, 0.1) is 5.56 Å². The van der Waals surface area contributed by atoms with Gasteiger partial charge in [0, 0.05) is 11.6 Å². The number of hydrogen-bond acceptors (Lipinski definition) is 2. The summed E-state index contributed by atoms with van der Waals surface area (Å²) in [6, 6.07) is 4.53. The van der Waals surface area contributed by atoms with Gasteiger partial charge in [0.2, 0.25) is 0 Å². The molecule has 1 amide bonds. The topological polar surface area (TPSA) is 49.3 Å². The van der Waals surface area contributed by atoms with E-state index in [1.54, 1.807) is 12.1 Å². The molecule has 4 heteroatoms. The maximum atomic E-state index is 12.0. The monoisotopic (exact) mass is 267 g/mol. The second kappa shape index (κ2) is 5.19. The van der Waals surface area contributed by atoms with Gasteiger partial charge in [-0.2, -0.15) is 0 Å². The average molecular weight is 268 g/mol. The molecular weight excluding hydrogens is 250 g/mol. The Labute approximate surface area is 112 Å². The van der Waals surface area contributed by atoms with Gasteiger partial charge in [-0.25, -0.2) is 0 Å². The quantitative estimate of drug-likeness (QED) is 0.882. The fourth-order valence-electron chi connectivity index (χ4n) is 2.49. The Morgan fingerprint density at radius 3 is 2.72 bits per heavy atom. The SMILES string of the molecule is CC1(CNC(=O)c2ccc(Cl)cc2O)CCCC1. The summed E-state index contributed by atoms with van der Waals surface area (Å²) >= 11 is 5.73. The molecule has 3 nitrogen and oxygen atoms in total. The number of carbonyl (C=O) groups is 1. The van der Waals surface area contributed by atoms with Crippen molar-refractivity contribution < 1.29 is 9.90 Å². The second-order valence-electron chi connectivity index (χ2n) is 5.36. The van der Waals surface area contributed by atoms with Crippen molar-refractivity contribution in [2.45, 2.75) is 32.6 Å². The predicted molar refractivity (Wildman–Crippen MR) is 72.0 cm³/mol. The molecule has 2 rings (SSSR count). The molecule has 18 heavy (non-hydrogen) atoms. The van der Waals surface area contributed by atoms with Crippen molar-refractivity contribution in [2.75, 3.05) is 6.54 Å². The van der Waals surface area contributed by atoms with E-state index in [9.17, 15) is 9.90 Å². The molecular formula is C14H18ClNO2. The second-order valence-corrected chi connectivity index (χ2v) is 5.80. The number of rotatable bonds is 3. The third kappa shape index (κ3) is 2.96. The highest BCUT2D eigenvalue weighted by Gasteiger charge is 2.29. The third-order valence-corrected chi connectivity index (χ3v) is 3.93. The fourth-order valence-corrected chi connectivity index (χ4v) is 2.66. The lowest BCUT2D eigenvalue weighted by atomic mass is 9.89. The zero-order valence-corrected chi connectivity index (χ0v) is 11.3. The van der Waals surface area contributed by atoms with E-state index in [0.29, 0.717) is 11.6 Å². The summed E-state index contributed by atoms with van der Waals surface area (Å²) in [4.78, 5) is 12.0. The maximum Gasteiger partial charge on any atom is 0.255 e. The Morgan fingerprint density at radius 1 is 1.44 bits per heavy atom. The van der Waals surface area contributed by atoms with Crippen molar-refractivity contribution in [1.29, 1.82) is 0 Å². The maximum absolute atomic E-state index is 12.0. The first-order chi connectivity index (χ1) is 8.50. The largest absolute Gasteiger partial charge is 0.507 e. The van der Waals surface area contributed by atoms with Crippen molar-refractivity contribution in [2.24, 2.45) is 5.41 Å². The Balaban J connectivity index is 1.99. The molecule has 0 radical (unpaired) electrons. The number of carbonyl (C=O) groups excluding carboxylic acids is 1. The van der Waals surface area contributed by atoms with Crippen molar-refractivity contribution >= 4 is 17.5 Å². The molecule has 0 unspecified atom stereocenters. The molecule has 1 aliphatic carbocycles. The molecule has 1 aromatic rings. The first kappa shape index (κ1) is 13.2. The minimum absolute atomic E-state index is 0.0726. The van der Waals surface area contributed by atoms with Gasteiger partial charge < -0.3 is 10.4 Å². The molecule has 0 saturated heterocycles. The van der Waals surface area contributed by atoms with Crippen LogP contribution in [-0.2, 0) is 0 Å². The summed E-state index contributed by atoms with van der Waals surface area (Å²) in [7, 11) is 0. The van der Waals surface area contributed by atoms with Crippen molar-refractivity contribution in [1.82, 2.24) is 5.32 Å².